The highest BCUT2D eigenvalue weighted by Crippen LogP contribution is 2.36. The maximum Gasteiger partial charge on any atom is 0.209 e. The van der Waals surface area contributed by atoms with Crippen LogP contribution in [0.2, 0.25) is 0 Å². The number of carbonyl (C=O) groups excluding carboxylic acids is 1. The van der Waals surface area contributed by atoms with E-state index in [1.54, 1.807) is 0 Å². The van der Waals surface area contributed by atoms with Gasteiger partial charge in [-0.1, -0.05) is 47.5 Å². The van der Waals surface area contributed by atoms with Crippen LogP contribution in [0.3, 0.4) is 0 Å². The molecule has 0 saturated heterocycles. The lowest BCUT2D eigenvalue weighted by Crippen LogP contribution is -2.10. The largest absolute Gasteiger partial charge is 0.355 e. The van der Waals surface area contributed by atoms with Crippen LogP contribution in [0.15, 0.2) is 65.3 Å². The van der Waals surface area contributed by atoms with E-state index in [9.17, 15) is 4.79 Å². The van der Waals surface area contributed by atoms with E-state index >= 15 is 0 Å². The number of hydrogen-bond donors (Lipinski definition) is 2. The molecule has 3 nitrogen and oxygen atoms in total. The number of halogens is 1. The van der Waals surface area contributed by atoms with Crippen LogP contribution in [0.4, 0.5) is 0 Å². The third-order valence-corrected chi connectivity index (χ3v) is 6.05. The molecule has 0 radical (unpaired) electrons. The van der Waals surface area contributed by atoms with Crippen LogP contribution >= 0.6 is 15.9 Å². The van der Waals surface area contributed by atoms with E-state index in [0.29, 0.717) is 11.3 Å². The highest BCUT2D eigenvalue weighted by Gasteiger charge is 2.24. The number of nitrogens with one attached hydrogen (secondary N) is 2. The molecule has 2 heterocycles. The molecule has 0 bridgehead atoms. The van der Waals surface area contributed by atoms with Gasteiger partial charge < -0.3 is 9.97 Å². The predicted molar refractivity (Wildman–Crippen MR) is 125 cm³/mol. The zero-order chi connectivity index (χ0) is 21.4. The van der Waals surface area contributed by atoms with Gasteiger partial charge >= 0.3 is 0 Å². The van der Waals surface area contributed by atoms with E-state index in [2.05, 4.69) is 64.9 Å². The summed E-state index contributed by atoms with van der Waals surface area (Å²) in [6.45, 7) is 8.45. The summed E-state index contributed by atoms with van der Waals surface area (Å²) in [5, 5.41) is 0. The minimum Gasteiger partial charge on any atom is -0.355 e. The molecule has 152 valence electrons. The summed E-state index contributed by atoms with van der Waals surface area (Å²) in [4.78, 5) is 19.8. The highest BCUT2D eigenvalue weighted by molar-refractivity contribution is 9.10. The molecule has 0 aliphatic heterocycles. The fourth-order valence-electron chi connectivity index (χ4n) is 4.25. The van der Waals surface area contributed by atoms with E-state index in [4.69, 9.17) is 0 Å². The van der Waals surface area contributed by atoms with Crippen LogP contribution in [0.5, 0.6) is 0 Å². The number of H-pyrrole nitrogens is 2. The molecule has 2 aromatic heterocycles. The fourth-order valence-corrected chi connectivity index (χ4v) is 4.61. The van der Waals surface area contributed by atoms with Crippen molar-refractivity contribution in [2.75, 3.05) is 0 Å². The van der Waals surface area contributed by atoms with E-state index in [0.717, 1.165) is 21.6 Å². The first-order valence-corrected chi connectivity index (χ1v) is 10.8. The van der Waals surface area contributed by atoms with Gasteiger partial charge in [0.25, 0.3) is 0 Å². The zero-order valence-electron chi connectivity index (χ0n) is 17.6. The topological polar surface area (TPSA) is 48.6 Å². The highest BCUT2D eigenvalue weighted by atomic mass is 79.9. The summed E-state index contributed by atoms with van der Waals surface area (Å²) in [6, 6.07) is 20.2. The minimum atomic E-state index is -0.0172. The van der Waals surface area contributed by atoms with E-state index in [1.165, 1.54) is 22.3 Å². The summed E-state index contributed by atoms with van der Waals surface area (Å²) in [5.74, 6) is -0.0125. The molecular formula is C26H25BrN2O. The Bertz CT molecular complexity index is 1190. The summed E-state index contributed by atoms with van der Waals surface area (Å²) in [7, 11) is 0. The molecule has 0 aliphatic carbocycles. The van der Waals surface area contributed by atoms with Gasteiger partial charge in [-0.15, -0.1) is 0 Å². The third kappa shape index (κ3) is 3.92. The Kier molecular flexibility index (Phi) is 5.52. The molecular weight excluding hydrogens is 436 g/mol. The first-order valence-electron chi connectivity index (χ1n) is 10.1. The molecule has 0 amide bonds. The lowest BCUT2D eigenvalue weighted by Gasteiger charge is -2.21. The lowest BCUT2D eigenvalue weighted by atomic mass is 9.85. The predicted octanol–water partition coefficient (Wildman–Crippen LogP) is 6.75. The number of aromatic amines is 2. The Balaban J connectivity index is 1.80. The van der Waals surface area contributed by atoms with Crippen molar-refractivity contribution in [3.63, 3.8) is 0 Å². The summed E-state index contributed by atoms with van der Waals surface area (Å²) >= 11 is 3.54. The van der Waals surface area contributed by atoms with Gasteiger partial charge in [-0.25, -0.2) is 0 Å². The standard InChI is InChI=1S/C26H25BrN2O/c1-15-5-7-19(8-6-15)26(30)22-10-9-20(28-22)25(21-11-12-23(27)29-21)24-17(3)13-16(2)14-18(24)4/h5-14,25,28-29H,1-4H3. The second-order valence-corrected chi connectivity index (χ2v) is 8.88. The van der Waals surface area contributed by atoms with Gasteiger partial charge in [0.15, 0.2) is 0 Å². The van der Waals surface area contributed by atoms with Gasteiger partial charge in [0.2, 0.25) is 5.78 Å². The lowest BCUT2D eigenvalue weighted by molar-refractivity contribution is 0.103. The monoisotopic (exact) mass is 460 g/mol. The molecule has 1 atom stereocenters. The van der Waals surface area contributed by atoms with Crippen LogP contribution in [0.1, 0.15) is 61.2 Å². The third-order valence-electron chi connectivity index (χ3n) is 5.59. The van der Waals surface area contributed by atoms with Crippen LogP contribution in [0, 0.1) is 27.7 Å². The van der Waals surface area contributed by atoms with Crippen molar-refractivity contribution in [3.05, 3.63) is 116 Å². The quantitative estimate of drug-likeness (QED) is 0.318. The Labute approximate surface area is 185 Å². The molecule has 4 rings (SSSR count). The first kappa shape index (κ1) is 20.4. The second-order valence-electron chi connectivity index (χ2n) is 8.03. The van der Waals surface area contributed by atoms with Crippen LogP contribution < -0.4 is 0 Å². The number of ketones is 1. The van der Waals surface area contributed by atoms with Gasteiger partial charge in [0.05, 0.1) is 16.2 Å². The molecule has 0 saturated carbocycles. The SMILES string of the molecule is Cc1ccc(C(=O)c2ccc(C(c3ccc(Br)[nH]3)c3c(C)cc(C)cc3C)[nH]2)cc1. The van der Waals surface area contributed by atoms with Crippen LogP contribution in [-0.4, -0.2) is 15.8 Å². The van der Waals surface area contributed by atoms with E-state index in [1.807, 2.05) is 49.4 Å². The van der Waals surface area contributed by atoms with E-state index in [-0.39, 0.29) is 11.7 Å². The summed E-state index contributed by atoms with van der Waals surface area (Å²) in [6.07, 6.45) is 0. The summed E-state index contributed by atoms with van der Waals surface area (Å²) in [5.41, 5.74) is 9.49. The molecule has 4 aromatic rings. The normalized spacial score (nSPS) is 12.2. The molecule has 2 aromatic carbocycles. The maximum atomic E-state index is 13.0. The number of rotatable bonds is 5. The fraction of sp³-hybridized carbons (Fsp3) is 0.192. The average molecular weight is 461 g/mol. The molecule has 4 heteroatoms. The van der Waals surface area contributed by atoms with Crippen LogP contribution in [-0.2, 0) is 0 Å². The van der Waals surface area contributed by atoms with Crippen LogP contribution in [0.25, 0.3) is 0 Å². The number of benzene rings is 2. The number of aryl methyl sites for hydroxylation is 4. The van der Waals surface area contributed by atoms with Gasteiger partial charge in [-0.2, -0.15) is 0 Å². The zero-order valence-corrected chi connectivity index (χ0v) is 19.2. The Hall–Kier alpha value is -2.85. The number of aromatic nitrogens is 2. The van der Waals surface area contributed by atoms with E-state index < -0.39 is 0 Å². The van der Waals surface area contributed by atoms with Gasteiger partial charge in [0.1, 0.15) is 0 Å². The van der Waals surface area contributed by atoms with Crippen molar-refractivity contribution in [2.45, 2.75) is 33.6 Å². The van der Waals surface area contributed by atoms with Gasteiger partial charge in [0, 0.05) is 17.0 Å². The van der Waals surface area contributed by atoms with Crippen molar-refractivity contribution in [1.82, 2.24) is 9.97 Å². The smallest absolute Gasteiger partial charge is 0.209 e. The molecule has 30 heavy (non-hydrogen) atoms. The molecule has 1 unspecified atom stereocenters. The molecule has 2 N–H and O–H groups in total. The van der Waals surface area contributed by atoms with Crippen molar-refractivity contribution >= 4 is 21.7 Å². The van der Waals surface area contributed by atoms with Gasteiger partial charge in [-0.05, 0) is 84.6 Å². The number of carbonyl (C=O) groups is 1. The number of hydrogen-bond acceptors (Lipinski definition) is 1. The molecule has 0 spiro atoms. The second kappa shape index (κ2) is 8.11. The summed E-state index contributed by atoms with van der Waals surface area (Å²) < 4.78 is 0.937. The van der Waals surface area contributed by atoms with Crippen molar-refractivity contribution < 1.29 is 4.79 Å². The van der Waals surface area contributed by atoms with Crippen molar-refractivity contribution in [2.24, 2.45) is 0 Å². The van der Waals surface area contributed by atoms with Crippen molar-refractivity contribution in [1.29, 1.82) is 0 Å². The Morgan fingerprint density at radius 3 is 1.97 bits per heavy atom. The maximum absolute atomic E-state index is 13.0. The molecule has 0 fully saturated rings. The Morgan fingerprint density at radius 2 is 1.37 bits per heavy atom. The van der Waals surface area contributed by atoms with Crippen molar-refractivity contribution in [3.8, 4) is 0 Å². The average Bonchev–Trinajstić information content (AvgIpc) is 3.34. The first-order chi connectivity index (χ1) is 14.3. The van der Waals surface area contributed by atoms with Gasteiger partial charge in [-0.3, -0.25) is 4.79 Å². The minimum absolute atomic E-state index is 0.00464. The molecule has 0 aliphatic rings. The Morgan fingerprint density at radius 1 is 0.767 bits per heavy atom.